The molecular formula is H3KN2OW. The van der Waals surface area contributed by atoms with E-state index < -0.39 is 0 Å². The molecule has 0 aliphatic heterocycles. The summed E-state index contributed by atoms with van der Waals surface area (Å²) in [4.78, 5) is 3.00. The van der Waals surface area contributed by atoms with Crippen molar-refractivity contribution in [1.82, 2.24) is 0 Å². The summed E-state index contributed by atoms with van der Waals surface area (Å²) in [7, 11) is 0. The topological polar surface area (TPSA) is 59.0 Å². The van der Waals surface area contributed by atoms with Crippen LogP contribution in [0.3, 0.4) is 0 Å². The molecule has 0 aromatic heterocycles. The predicted octanol–water partition coefficient (Wildman–Crippen LogP) is -3.15. The van der Waals surface area contributed by atoms with E-state index in [0.29, 0.717) is 0 Å². The van der Waals surface area contributed by atoms with Gasteiger partial charge in [-0.2, -0.15) is 0 Å². The van der Waals surface area contributed by atoms with E-state index in [1.165, 1.54) is 0 Å². The summed E-state index contributed by atoms with van der Waals surface area (Å²) in [6.45, 7) is 0. The van der Waals surface area contributed by atoms with Crippen molar-refractivity contribution in [2.45, 2.75) is 0 Å². The SMILES string of the molecule is [K+].[NH-]ON.[W]. The molecule has 0 radical (unpaired) electrons. The van der Waals surface area contributed by atoms with Gasteiger partial charge < -0.3 is 10.8 Å². The van der Waals surface area contributed by atoms with Crippen LogP contribution in [0.1, 0.15) is 0 Å². The van der Waals surface area contributed by atoms with E-state index in [9.17, 15) is 0 Å². The van der Waals surface area contributed by atoms with Crippen LogP contribution in [-0.2, 0) is 26.0 Å². The molecule has 0 spiro atoms. The van der Waals surface area contributed by atoms with E-state index in [1.54, 1.807) is 0 Å². The molecule has 0 heterocycles. The fourth-order valence-corrected chi connectivity index (χ4v) is 0. The molecule has 0 amide bonds. The molecule has 26 valence electrons. The van der Waals surface area contributed by atoms with Crippen LogP contribution in [0.15, 0.2) is 0 Å². The quantitative estimate of drug-likeness (QED) is 0.373. The smallest absolute Gasteiger partial charge is 0.529 e. The summed E-state index contributed by atoms with van der Waals surface area (Å²) < 4.78 is 0. The Bertz CT molecular complexity index is 9.61. The number of hydrogen-bond acceptors (Lipinski definition) is 2. The first-order chi connectivity index (χ1) is 1.41. The van der Waals surface area contributed by atoms with Crippen LogP contribution in [-0.4, -0.2) is 0 Å². The van der Waals surface area contributed by atoms with Crippen molar-refractivity contribution in [3.05, 3.63) is 5.90 Å². The Kier molecular flexibility index (Phi) is 51.4. The maximum atomic E-state index is 5.49. The molecule has 0 rings (SSSR count). The average molecular weight is 270 g/mol. The third-order valence-corrected chi connectivity index (χ3v) is 0. The van der Waals surface area contributed by atoms with E-state index in [0.717, 1.165) is 0 Å². The molecule has 3 nitrogen and oxygen atoms in total. The van der Waals surface area contributed by atoms with E-state index in [2.05, 4.69) is 10.8 Å². The number of nitrogens with one attached hydrogen (secondary N) is 1. The van der Waals surface area contributed by atoms with E-state index in [-0.39, 0.29) is 72.4 Å². The zero-order chi connectivity index (χ0) is 2.71. The Morgan fingerprint density at radius 1 is 1.60 bits per heavy atom. The monoisotopic (exact) mass is 270 g/mol. The Labute approximate surface area is 87.4 Å². The van der Waals surface area contributed by atoms with E-state index in [4.69, 9.17) is 5.90 Å². The second-order valence-electron chi connectivity index (χ2n) is 0.118. The number of nitrogens with two attached hydrogens (primary N) is 1. The molecular weight excluding hydrogens is 267 g/mol. The van der Waals surface area contributed by atoms with E-state index >= 15 is 0 Å². The predicted molar refractivity (Wildman–Crippen MR) is 9.59 cm³/mol. The molecule has 0 aliphatic rings. The summed E-state index contributed by atoms with van der Waals surface area (Å²) in [5.41, 5.74) is 0. The molecule has 0 fully saturated rings. The standard InChI is InChI=1S/K.H3N2O.W/c;1-3-2;/h;1H,2H2;/q+1;-1;. The molecule has 0 aromatic carbocycles. The third kappa shape index (κ3) is 22.6. The normalized spacial score (nSPS) is 3.60. The van der Waals surface area contributed by atoms with Gasteiger partial charge in [0.05, 0.1) is 0 Å². The van der Waals surface area contributed by atoms with Crippen LogP contribution in [0.2, 0.25) is 0 Å². The molecule has 0 bridgehead atoms. The Morgan fingerprint density at radius 3 is 1.60 bits per heavy atom. The fourth-order valence-electron chi connectivity index (χ4n) is 0. The summed E-state index contributed by atoms with van der Waals surface area (Å²) in [6.07, 6.45) is 0. The molecule has 0 saturated carbocycles. The van der Waals surface area contributed by atoms with Crippen LogP contribution in [0.25, 0.3) is 5.90 Å². The van der Waals surface area contributed by atoms with Crippen LogP contribution in [0.4, 0.5) is 0 Å². The summed E-state index contributed by atoms with van der Waals surface area (Å²) in [6, 6.07) is 0. The first-order valence-electron chi connectivity index (χ1n) is 0.440. The van der Waals surface area contributed by atoms with Crippen molar-refractivity contribution in [2.75, 3.05) is 0 Å². The molecule has 0 aliphatic carbocycles. The summed E-state index contributed by atoms with van der Waals surface area (Å²) in [5, 5.41) is 0. The van der Waals surface area contributed by atoms with Crippen molar-refractivity contribution < 1.29 is 77.4 Å². The minimum atomic E-state index is 0. The van der Waals surface area contributed by atoms with Gasteiger partial charge in [-0.25, -0.2) is 5.90 Å². The van der Waals surface area contributed by atoms with Gasteiger partial charge in [-0.15, -0.1) is 0 Å². The van der Waals surface area contributed by atoms with Crippen molar-refractivity contribution in [3.8, 4) is 0 Å². The van der Waals surface area contributed by atoms with Crippen LogP contribution in [0.5, 0.6) is 0 Å². The number of rotatable bonds is 0. The maximum absolute atomic E-state index is 5.49. The maximum Gasteiger partial charge on any atom is 1.00 e. The molecule has 3 N–H and O–H groups in total. The van der Waals surface area contributed by atoms with Gasteiger partial charge in [-0.1, -0.05) is 0 Å². The van der Waals surface area contributed by atoms with Crippen molar-refractivity contribution in [1.29, 1.82) is 0 Å². The van der Waals surface area contributed by atoms with Crippen LogP contribution < -0.4 is 57.3 Å². The minimum Gasteiger partial charge on any atom is -0.529 e. The van der Waals surface area contributed by atoms with Crippen molar-refractivity contribution in [2.24, 2.45) is 5.90 Å². The molecule has 0 saturated heterocycles. The van der Waals surface area contributed by atoms with Gasteiger partial charge in [-0.3, -0.25) is 0 Å². The average Bonchev–Trinajstić information content (AvgIpc) is 0.918. The summed E-state index contributed by atoms with van der Waals surface area (Å²) >= 11 is 0. The van der Waals surface area contributed by atoms with Crippen molar-refractivity contribution in [3.63, 3.8) is 0 Å². The van der Waals surface area contributed by atoms with Gasteiger partial charge in [0.2, 0.25) is 0 Å². The van der Waals surface area contributed by atoms with E-state index in [1.807, 2.05) is 0 Å². The largest absolute Gasteiger partial charge is 1.00 e. The van der Waals surface area contributed by atoms with Gasteiger partial charge in [0.1, 0.15) is 0 Å². The number of hydrogen-bond donors (Lipinski definition) is 1. The molecule has 0 atom stereocenters. The second kappa shape index (κ2) is 16.4. The second-order valence-corrected chi connectivity index (χ2v) is 0.118. The summed E-state index contributed by atoms with van der Waals surface area (Å²) in [5.74, 6) is 9.50. The first-order valence-corrected chi connectivity index (χ1v) is 0.440. The zero-order valence-electron chi connectivity index (χ0n) is 2.89. The third-order valence-electron chi connectivity index (χ3n) is 0. The van der Waals surface area contributed by atoms with Gasteiger partial charge in [-0.05, 0) is 0 Å². The van der Waals surface area contributed by atoms with Crippen LogP contribution in [0, 0.1) is 0 Å². The van der Waals surface area contributed by atoms with Gasteiger partial charge >= 0.3 is 51.4 Å². The molecule has 0 aromatic rings. The van der Waals surface area contributed by atoms with Crippen LogP contribution >= 0.6 is 0 Å². The molecule has 5 heteroatoms. The van der Waals surface area contributed by atoms with Gasteiger partial charge in [0.15, 0.2) is 0 Å². The Morgan fingerprint density at radius 2 is 1.60 bits per heavy atom. The fraction of sp³-hybridized carbons (Fsp3) is 0. The molecule has 5 heavy (non-hydrogen) atoms. The Balaban J connectivity index is -0.0000000200. The van der Waals surface area contributed by atoms with Crippen molar-refractivity contribution >= 4 is 0 Å². The zero-order valence-corrected chi connectivity index (χ0v) is 8.95. The van der Waals surface area contributed by atoms with Gasteiger partial charge in [0.25, 0.3) is 0 Å². The first kappa shape index (κ1) is 15.7. The minimum absolute atomic E-state index is 0. The Hall–Kier alpha value is 2.20. The molecule has 0 unspecified atom stereocenters. The van der Waals surface area contributed by atoms with Gasteiger partial charge in [0, 0.05) is 21.1 Å².